The molecule has 0 amide bonds. The smallest absolute Gasteiger partial charge is 0.135 e. The van der Waals surface area contributed by atoms with E-state index in [1.165, 1.54) is 0 Å². The van der Waals surface area contributed by atoms with Gasteiger partial charge in [-0.15, -0.1) is 0 Å². The fourth-order valence-corrected chi connectivity index (χ4v) is 2.38. The summed E-state index contributed by atoms with van der Waals surface area (Å²) in [6, 6.07) is 3.92. The molecule has 1 aromatic carbocycles. The predicted octanol–water partition coefficient (Wildman–Crippen LogP) is 4.76. The lowest BCUT2D eigenvalue weighted by molar-refractivity contribution is 0.315. The van der Waals surface area contributed by atoms with Crippen molar-refractivity contribution in [1.82, 2.24) is 0 Å². The van der Waals surface area contributed by atoms with Gasteiger partial charge in [-0.3, -0.25) is 0 Å². The number of ether oxygens (including phenoxy) is 1. The lowest BCUT2D eigenvalue weighted by Crippen LogP contribution is -1.95. The molecular formula is C9H9Br3O. The first-order valence-corrected chi connectivity index (χ1v) is 6.30. The van der Waals surface area contributed by atoms with Crippen LogP contribution < -0.4 is 4.74 Å². The molecule has 0 spiro atoms. The van der Waals surface area contributed by atoms with Crippen LogP contribution in [-0.2, 0) is 0 Å². The van der Waals surface area contributed by atoms with E-state index in [1.54, 1.807) is 0 Å². The second kappa shape index (κ2) is 5.37. The summed E-state index contributed by atoms with van der Waals surface area (Å²) < 4.78 is 8.50. The lowest BCUT2D eigenvalue weighted by atomic mass is 10.3. The molecule has 0 atom stereocenters. The van der Waals surface area contributed by atoms with Crippen LogP contribution in [0.3, 0.4) is 0 Å². The molecule has 0 unspecified atom stereocenters. The van der Waals surface area contributed by atoms with Gasteiger partial charge in [0, 0.05) is 8.95 Å². The molecule has 72 valence electrons. The molecule has 0 N–H and O–H groups in total. The average molecular weight is 373 g/mol. The zero-order valence-electron chi connectivity index (χ0n) is 7.11. The Bertz CT molecular complexity index is 299. The molecule has 1 aromatic rings. The summed E-state index contributed by atoms with van der Waals surface area (Å²) in [7, 11) is 0. The van der Waals surface area contributed by atoms with E-state index in [1.807, 2.05) is 12.1 Å². The van der Waals surface area contributed by atoms with Gasteiger partial charge in [0.2, 0.25) is 0 Å². The van der Waals surface area contributed by atoms with E-state index in [9.17, 15) is 0 Å². The quantitative estimate of drug-likeness (QED) is 0.695. The van der Waals surface area contributed by atoms with Gasteiger partial charge in [0.25, 0.3) is 0 Å². The van der Waals surface area contributed by atoms with E-state index in [0.717, 1.165) is 32.2 Å². The minimum absolute atomic E-state index is 0.738. The molecule has 4 heteroatoms. The minimum atomic E-state index is 0.738. The number of benzene rings is 1. The second-order valence-electron chi connectivity index (χ2n) is 2.55. The third kappa shape index (κ3) is 3.26. The van der Waals surface area contributed by atoms with Gasteiger partial charge in [-0.05, 0) is 50.4 Å². The molecule has 0 aliphatic rings. The van der Waals surface area contributed by atoms with Gasteiger partial charge in [0.15, 0.2) is 0 Å². The maximum atomic E-state index is 5.54. The van der Waals surface area contributed by atoms with Crippen LogP contribution in [0.15, 0.2) is 25.6 Å². The molecule has 0 aliphatic heterocycles. The molecule has 0 bridgehead atoms. The van der Waals surface area contributed by atoms with Crippen molar-refractivity contribution in [3.63, 3.8) is 0 Å². The van der Waals surface area contributed by atoms with Gasteiger partial charge < -0.3 is 4.74 Å². The first kappa shape index (κ1) is 11.5. The molecule has 0 aliphatic carbocycles. The second-order valence-corrected chi connectivity index (χ2v) is 5.11. The highest BCUT2D eigenvalue weighted by atomic mass is 79.9. The van der Waals surface area contributed by atoms with E-state index in [-0.39, 0.29) is 0 Å². The fourth-order valence-electron chi connectivity index (χ4n) is 0.849. The zero-order valence-corrected chi connectivity index (χ0v) is 11.9. The van der Waals surface area contributed by atoms with Crippen molar-refractivity contribution in [3.05, 3.63) is 25.6 Å². The monoisotopic (exact) mass is 370 g/mol. The Labute approximate surface area is 103 Å². The number of halogens is 3. The SMILES string of the molecule is CCCOc1cc(Br)cc(Br)c1Br. The Morgan fingerprint density at radius 3 is 2.54 bits per heavy atom. The van der Waals surface area contributed by atoms with Crippen LogP contribution >= 0.6 is 47.8 Å². The molecule has 1 nitrogen and oxygen atoms in total. The largest absolute Gasteiger partial charge is 0.492 e. The third-order valence-corrected chi connectivity index (χ3v) is 3.85. The number of rotatable bonds is 3. The van der Waals surface area contributed by atoms with Crippen LogP contribution in [0.5, 0.6) is 5.75 Å². The molecule has 0 radical (unpaired) electrons. The molecule has 1 rings (SSSR count). The van der Waals surface area contributed by atoms with Crippen molar-refractivity contribution in [1.29, 1.82) is 0 Å². The Hall–Kier alpha value is 0.460. The maximum absolute atomic E-state index is 5.54. The van der Waals surface area contributed by atoms with Crippen LogP contribution in [0.4, 0.5) is 0 Å². The predicted molar refractivity (Wildman–Crippen MR) is 65.3 cm³/mol. The summed E-state index contributed by atoms with van der Waals surface area (Å²) in [5, 5.41) is 0. The van der Waals surface area contributed by atoms with Crippen molar-refractivity contribution >= 4 is 47.8 Å². The molecule has 0 fully saturated rings. The van der Waals surface area contributed by atoms with E-state index in [0.29, 0.717) is 0 Å². The summed E-state index contributed by atoms with van der Waals surface area (Å²) in [6.45, 7) is 2.82. The van der Waals surface area contributed by atoms with Gasteiger partial charge >= 0.3 is 0 Å². The van der Waals surface area contributed by atoms with Crippen molar-refractivity contribution in [2.45, 2.75) is 13.3 Å². The first-order chi connectivity index (χ1) is 6.15. The minimum Gasteiger partial charge on any atom is -0.492 e. The summed E-state index contributed by atoms with van der Waals surface area (Å²) in [4.78, 5) is 0. The van der Waals surface area contributed by atoms with Crippen LogP contribution in [0, 0.1) is 0 Å². The van der Waals surface area contributed by atoms with Crippen molar-refractivity contribution in [2.75, 3.05) is 6.61 Å². The van der Waals surface area contributed by atoms with Crippen LogP contribution in [-0.4, -0.2) is 6.61 Å². The van der Waals surface area contributed by atoms with Crippen molar-refractivity contribution < 1.29 is 4.74 Å². The number of hydrogen-bond acceptors (Lipinski definition) is 1. The molecule has 0 heterocycles. The van der Waals surface area contributed by atoms with Crippen LogP contribution in [0.25, 0.3) is 0 Å². The lowest BCUT2D eigenvalue weighted by Gasteiger charge is -2.08. The Kier molecular flexibility index (Phi) is 4.76. The van der Waals surface area contributed by atoms with E-state index in [2.05, 4.69) is 54.7 Å². The molecule has 0 saturated carbocycles. The van der Waals surface area contributed by atoms with E-state index < -0.39 is 0 Å². The highest BCUT2D eigenvalue weighted by molar-refractivity contribution is 9.13. The standard InChI is InChI=1S/C9H9Br3O/c1-2-3-13-8-5-6(10)4-7(11)9(8)12/h4-5H,2-3H2,1H3. The van der Waals surface area contributed by atoms with Crippen molar-refractivity contribution in [2.24, 2.45) is 0 Å². The fraction of sp³-hybridized carbons (Fsp3) is 0.333. The van der Waals surface area contributed by atoms with Gasteiger partial charge in [-0.25, -0.2) is 0 Å². The summed E-state index contributed by atoms with van der Waals surface area (Å²) >= 11 is 10.3. The van der Waals surface area contributed by atoms with E-state index >= 15 is 0 Å². The van der Waals surface area contributed by atoms with Crippen LogP contribution in [0.1, 0.15) is 13.3 Å². The Morgan fingerprint density at radius 1 is 1.23 bits per heavy atom. The Morgan fingerprint density at radius 2 is 1.92 bits per heavy atom. The summed E-state index contributed by atoms with van der Waals surface area (Å²) in [5.74, 6) is 0.864. The topological polar surface area (TPSA) is 9.23 Å². The van der Waals surface area contributed by atoms with Crippen molar-refractivity contribution in [3.8, 4) is 5.75 Å². The van der Waals surface area contributed by atoms with Crippen LogP contribution in [0.2, 0.25) is 0 Å². The van der Waals surface area contributed by atoms with Gasteiger partial charge in [-0.1, -0.05) is 22.9 Å². The maximum Gasteiger partial charge on any atom is 0.135 e. The number of hydrogen-bond donors (Lipinski definition) is 0. The molecular weight excluding hydrogens is 364 g/mol. The average Bonchev–Trinajstić information content (AvgIpc) is 2.09. The molecule has 0 aromatic heterocycles. The first-order valence-electron chi connectivity index (χ1n) is 3.92. The van der Waals surface area contributed by atoms with E-state index in [4.69, 9.17) is 4.74 Å². The zero-order chi connectivity index (χ0) is 9.84. The van der Waals surface area contributed by atoms with Gasteiger partial charge in [0.05, 0.1) is 11.1 Å². The highest BCUT2D eigenvalue weighted by Crippen LogP contribution is 2.35. The Balaban J connectivity index is 2.92. The third-order valence-electron chi connectivity index (χ3n) is 1.42. The molecule has 13 heavy (non-hydrogen) atoms. The highest BCUT2D eigenvalue weighted by Gasteiger charge is 2.06. The summed E-state index contributed by atoms with van der Waals surface area (Å²) in [6.07, 6.45) is 1.01. The summed E-state index contributed by atoms with van der Waals surface area (Å²) in [5.41, 5.74) is 0. The molecule has 0 saturated heterocycles. The normalized spacial score (nSPS) is 10.2. The van der Waals surface area contributed by atoms with Gasteiger partial charge in [0.1, 0.15) is 5.75 Å². The van der Waals surface area contributed by atoms with Gasteiger partial charge in [-0.2, -0.15) is 0 Å².